The van der Waals surface area contributed by atoms with Gasteiger partial charge in [-0.05, 0) is 16.7 Å². The normalized spacial score (nSPS) is 12.3. The molecule has 2 atom stereocenters. The number of aliphatic hydroxyl groups is 1. The number of hydrogen-bond acceptors (Lipinski definition) is 5. The van der Waals surface area contributed by atoms with Crippen LogP contribution in [0.1, 0.15) is 35.3 Å². The van der Waals surface area contributed by atoms with Gasteiger partial charge >= 0.3 is 5.97 Å². The molecule has 3 aromatic carbocycles. The van der Waals surface area contributed by atoms with E-state index in [4.69, 9.17) is 24.5 Å². The zero-order valence-electron chi connectivity index (χ0n) is 19.2. The van der Waals surface area contributed by atoms with Gasteiger partial charge in [0, 0.05) is 6.42 Å². The molecule has 7 nitrogen and oxygen atoms in total. The Morgan fingerprint density at radius 2 is 1.26 bits per heavy atom. The molecule has 0 radical (unpaired) electrons. The molecule has 3 rings (SSSR count). The molecule has 0 bridgehead atoms. The maximum Gasteiger partial charge on any atom is 0.351 e. The maximum atomic E-state index is 10.4. The largest absolute Gasteiger partial charge is 0.539 e. The number of aliphatic carboxylic acids is 2. The number of carboxylic acids is 2. The minimum absolute atomic E-state index is 0.0439. The average Bonchev–Trinajstić information content (AvgIpc) is 2.86. The first-order chi connectivity index (χ1) is 16.4. The Bertz CT molecular complexity index is 930. The van der Waals surface area contributed by atoms with Crippen molar-refractivity contribution in [3.05, 3.63) is 108 Å². The van der Waals surface area contributed by atoms with E-state index in [-0.39, 0.29) is 6.10 Å². The van der Waals surface area contributed by atoms with Crippen LogP contribution in [0.5, 0.6) is 0 Å². The summed E-state index contributed by atoms with van der Waals surface area (Å²) in [6.45, 7) is 2.35. The topological polar surface area (TPSA) is 111 Å². The zero-order valence-corrected chi connectivity index (χ0v) is 19.2. The fourth-order valence-corrected chi connectivity index (χ4v) is 3.44. The van der Waals surface area contributed by atoms with Gasteiger partial charge in [0.05, 0.1) is 20.2 Å². The summed E-state index contributed by atoms with van der Waals surface area (Å²) >= 11 is 0. The molecule has 2 unspecified atom stereocenters. The van der Waals surface area contributed by atoms with Gasteiger partial charge in [0.2, 0.25) is 0 Å². The van der Waals surface area contributed by atoms with Gasteiger partial charge in [0.25, 0.3) is 0 Å². The van der Waals surface area contributed by atoms with Crippen molar-refractivity contribution in [2.24, 2.45) is 0 Å². The number of aliphatic hydroxyl groups excluding tert-OH is 1. The van der Waals surface area contributed by atoms with E-state index in [1.165, 1.54) is 16.0 Å². The summed E-state index contributed by atoms with van der Waals surface area (Å²) in [6, 6.07) is 30.6. The number of ether oxygens (including phenoxy) is 1. The van der Waals surface area contributed by atoms with Crippen LogP contribution in [0.25, 0.3) is 0 Å². The minimum atomic E-state index is -2.07. The van der Waals surface area contributed by atoms with Gasteiger partial charge in [-0.2, -0.15) is 0 Å². The van der Waals surface area contributed by atoms with Crippen molar-refractivity contribution in [1.82, 2.24) is 0 Å². The predicted octanol–water partition coefficient (Wildman–Crippen LogP) is 1.25. The molecule has 0 aliphatic rings. The molecule has 0 amide bonds. The van der Waals surface area contributed by atoms with E-state index in [1.54, 1.807) is 0 Å². The highest BCUT2D eigenvalue weighted by Gasteiger charge is 2.16. The molecule has 3 aromatic rings. The summed E-state index contributed by atoms with van der Waals surface area (Å²) in [7, 11) is 2.12. The van der Waals surface area contributed by atoms with Crippen LogP contribution in [-0.2, 0) is 14.3 Å². The quantitative estimate of drug-likeness (QED) is 0.307. The average molecular weight is 466 g/mol. The summed E-state index contributed by atoms with van der Waals surface area (Å²) in [5.41, 5.74) is 3.33. The molecule has 0 saturated carbocycles. The van der Waals surface area contributed by atoms with Gasteiger partial charge in [-0.25, -0.2) is 4.79 Å². The summed E-state index contributed by atoms with van der Waals surface area (Å²) in [5.74, 6) is -4.01. The van der Waals surface area contributed by atoms with Gasteiger partial charge in [0.1, 0.15) is 18.8 Å². The molecule has 3 N–H and O–H groups in total. The zero-order chi connectivity index (χ0) is 24.8. The third kappa shape index (κ3) is 9.54. The van der Waals surface area contributed by atoms with E-state index in [9.17, 15) is 5.11 Å². The molecular formula is C27H31NO6. The number of rotatable bonds is 10. The van der Waals surface area contributed by atoms with Crippen molar-refractivity contribution in [2.45, 2.75) is 18.6 Å². The maximum absolute atomic E-state index is 10.4. The number of quaternary nitrogens is 1. The van der Waals surface area contributed by atoms with E-state index in [2.05, 4.69) is 55.6 Å². The van der Waals surface area contributed by atoms with Gasteiger partial charge in [-0.3, -0.25) is 0 Å². The van der Waals surface area contributed by atoms with Gasteiger partial charge < -0.3 is 29.8 Å². The number of carbonyl (C=O) groups is 2. The monoisotopic (exact) mass is 465 g/mol. The van der Waals surface area contributed by atoms with Crippen LogP contribution in [0.4, 0.5) is 0 Å². The fraction of sp³-hybridized carbons (Fsp3) is 0.259. The van der Waals surface area contributed by atoms with Crippen LogP contribution in [0.15, 0.2) is 91.0 Å². The van der Waals surface area contributed by atoms with Crippen molar-refractivity contribution < 1.29 is 34.5 Å². The lowest BCUT2D eigenvalue weighted by molar-refractivity contribution is -0.884. The molecule has 0 aliphatic carbocycles. The second-order valence-electron chi connectivity index (χ2n) is 7.86. The third-order valence-electron chi connectivity index (χ3n) is 5.14. The molecule has 180 valence electrons. The Kier molecular flexibility index (Phi) is 11.5. The Balaban J connectivity index is 0.000000604. The third-order valence-corrected chi connectivity index (χ3v) is 5.14. The number of hydrogen-bond donors (Lipinski definition) is 3. The molecular weight excluding hydrogens is 434 g/mol. The highest BCUT2D eigenvalue weighted by Crippen LogP contribution is 2.25. The molecule has 7 heteroatoms. The number of nitrogens with one attached hydrogen (secondary N) is 1. The second-order valence-corrected chi connectivity index (χ2v) is 7.86. The van der Waals surface area contributed by atoms with Crippen molar-refractivity contribution in [3.8, 4) is 0 Å². The SMILES string of the molecule is C[NH+](CCCOC(c1ccccc1)c1ccccc1)CC(O)c1ccccc1.O=C([O-])C(=O)O. The lowest BCUT2D eigenvalue weighted by atomic mass is 10.0. The molecule has 0 aliphatic heterocycles. The fourth-order valence-electron chi connectivity index (χ4n) is 3.44. The summed E-state index contributed by atoms with van der Waals surface area (Å²) < 4.78 is 6.28. The van der Waals surface area contributed by atoms with Crippen molar-refractivity contribution in [2.75, 3.05) is 26.7 Å². The Morgan fingerprint density at radius 3 is 1.68 bits per heavy atom. The standard InChI is InChI=1S/C25H29NO2.C2H2O4/c1-26(20-24(27)21-12-5-2-6-13-21)18-11-19-28-25(22-14-7-3-8-15-22)23-16-9-4-10-17-23;3-1(4)2(5)6/h2-10,12-17,24-25,27H,11,18-20H2,1H3;(H,3,4)(H,5,6). The number of likely N-dealkylation sites (N-methyl/N-ethyl adjacent to an activating group) is 1. The highest BCUT2D eigenvalue weighted by atomic mass is 16.5. The van der Waals surface area contributed by atoms with Gasteiger partial charge in [-0.1, -0.05) is 91.0 Å². The van der Waals surface area contributed by atoms with Gasteiger partial charge in [0.15, 0.2) is 5.97 Å². The van der Waals surface area contributed by atoms with E-state index in [0.717, 1.165) is 18.5 Å². The Hall–Kier alpha value is -3.52. The molecule has 0 fully saturated rings. The lowest BCUT2D eigenvalue weighted by Crippen LogP contribution is -3.09. The first-order valence-corrected chi connectivity index (χ1v) is 11.1. The van der Waals surface area contributed by atoms with Crippen LogP contribution in [0.3, 0.4) is 0 Å². The molecule has 0 saturated heterocycles. The predicted molar refractivity (Wildman–Crippen MR) is 126 cm³/mol. The number of benzene rings is 3. The molecule has 34 heavy (non-hydrogen) atoms. The first kappa shape index (κ1) is 26.7. The van der Waals surface area contributed by atoms with E-state index >= 15 is 0 Å². The summed E-state index contributed by atoms with van der Waals surface area (Å²) in [6.07, 6.45) is 0.477. The minimum Gasteiger partial charge on any atom is -0.539 e. The van der Waals surface area contributed by atoms with Crippen LogP contribution < -0.4 is 10.0 Å². The summed E-state index contributed by atoms with van der Waals surface area (Å²) in [4.78, 5) is 19.3. The van der Waals surface area contributed by atoms with E-state index in [1.807, 2.05) is 42.5 Å². The van der Waals surface area contributed by atoms with Crippen molar-refractivity contribution in [3.63, 3.8) is 0 Å². The van der Waals surface area contributed by atoms with Crippen molar-refractivity contribution in [1.29, 1.82) is 0 Å². The molecule has 0 heterocycles. The number of carbonyl (C=O) groups excluding carboxylic acids is 1. The van der Waals surface area contributed by atoms with Gasteiger partial charge in [-0.15, -0.1) is 0 Å². The Labute approximate surface area is 199 Å². The van der Waals surface area contributed by atoms with Crippen LogP contribution in [0, 0.1) is 0 Å². The first-order valence-electron chi connectivity index (χ1n) is 11.1. The highest BCUT2D eigenvalue weighted by molar-refractivity contribution is 6.26. The lowest BCUT2D eigenvalue weighted by Gasteiger charge is -2.21. The van der Waals surface area contributed by atoms with E-state index in [0.29, 0.717) is 13.2 Å². The second kappa shape index (κ2) is 14.6. The summed E-state index contributed by atoms with van der Waals surface area (Å²) in [5, 5.41) is 26.7. The smallest absolute Gasteiger partial charge is 0.351 e. The van der Waals surface area contributed by atoms with Crippen LogP contribution in [-0.4, -0.2) is 48.9 Å². The van der Waals surface area contributed by atoms with E-state index < -0.39 is 18.0 Å². The molecule has 0 aromatic heterocycles. The molecule has 0 spiro atoms. The Morgan fingerprint density at radius 1 is 0.853 bits per heavy atom. The van der Waals surface area contributed by atoms with Crippen LogP contribution in [0.2, 0.25) is 0 Å². The van der Waals surface area contributed by atoms with Crippen LogP contribution >= 0.6 is 0 Å². The van der Waals surface area contributed by atoms with Crippen molar-refractivity contribution >= 4 is 11.9 Å². The number of carboxylic acid groups (broad SMARTS) is 2.